The van der Waals surface area contributed by atoms with Gasteiger partial charge in [0.05, 0.1) is 12.2 Å². The Bertz CT molecular complexity index is 495. The normalized spacial score (nSPS) is 12.7. The molecule has 0 saturated heterocycles. The Kier molecular flexibility index (Phi) is 4.55. The lowest BCUT2D eigenvalue weighted by Gasteiger charge is -2.36. The molecule has 20 heavy (non-hydrogen) atoms. The summed E-state index contributed by atoms with van der Waals surface area (Å²) in [7, 11) is -2.66. The number of hydrogen-bond donors (Lipinski definition) is 1. The minimum atomic E-state index is -2.66. The summed E-state index contributed by atoms with van der Waals surface area (Å²) in [6.45, 7) is 7.73. The Hall–Kier alpha value is -1.08. The van der Waals surface area contributed by atoms with Crippen LogP contribution in [0, 0.1) is 23.3 Å². The molecule has 1 aromatic rings. The van der Waals surface area contributed by atoms with E-state index < -0.39 is 54.5 Å². The largest absolute Gasteiger partial charge is 0.539 e. The van der Waals surface area contributed by atoms with Crippen LogP contribution in [0.15, 0.2) is 0 Å². The maximum atomic E-state index is 13.8. The molecule has 0 atom stereocenters. The molecule has 0 amide bonds. The van der Waals surface area contributed by atoms with E-state index in [4.69, 9.17) is 9.53 Å². The molecule has 0 aliphatic rings. The third-order valence-corrected chi connectivity index (χ3v) is 7.96. The van der Waals surface area contributed by atoms with Gasteiger partial charge in [-0.1, -0.05) is 20.8 Å². The van der Waals surface area contributed by atoms with Crippen LogP contribution >= 0.6 is 0 Å². The zero-order valence-corrected chi connectivity index (χ0v) is 13.1. The van der Waals surface area contributed by atoms with Crippen molar-refractivity contribution in [2.24, 2.45) is 0 Å². The molecular weight excluding hydrogens is 292 g/mol. The van der Waals surface area contributed by atoms with Crippen LogP contribution in [-0.2, 0) is 6.61 Å². The van der Waals surface area contributed by atoms with E-state index in [2.05, 4.69) is 0 Å². The van der Waals surface area contributed by atoms with Gasteiger partial charge in [-0.15, -0.1) is 0 Å². The molecule has 0 fully saturated rings. The Morgan fingerprint density at radius 3 is 1.65 bits per heavy atom. The quantitative estimate of drug-likeness (QED) is 0.517. The predicted octanol–water partition coefficient (Wildman–Crippen LogP) is 4.12. The number of halogens is 4. The lowest BCUT2D eigenvalue weighted by atomic mass is 10.2. The fourth-order valence-corrected chi connectivity index (χ4v) is 2.29. The molecule has 0 bridgehead atoms. The number of rotatable bonds is 3. The van der Waals surface area contributed by atoms with Crippen molar-refractivity contribution in [2.75, 3.05) is 0 Å². The molecule has 0 spiro atoms. The number of aliphatic hydroxyl groups is 1. The lowest BCUT2D eigenvalue weighted by Crippen LogP contribution is -2.44. The summed E-state index contributed by atoms with van der Waals surface area (Å²) in [5, 5.41) is 8.36. The molecule has 1 aromatic carbocycles. The van der Waals surface area contributed by atoms with E-state index in [0.717, 1.165) is 0 Å². The average molecular weight is 310 g/mol. The monoisotopic (exact) mass is 310 g/mol. The SMILES string of the molecule is CC(C)(C)[Si](C)(C)Oc1c(F)c(F)c(CO)c(F)c1F. The first kappa shape index (κ1) is 17.0. The zero-order valence-electron chi connectivity index (χ0n) is 12.1. The van der Waals surface area contributed by atoms with Crippen LogP contribution in [0.3, 0.4) is 0 Å². The lowest BCUT2D eigenvalue weighted by molar-refractivity contribution is 0.260. The molecular formula is C13H18F4O2Si. The molecule has 1 N–H and O–H groups in total. The second kappa shape index (κ2) is 5.36. The first-order chi connectivity index (χ1) is 8.94. The molecule has 1 rings (SSSR count). The van der Waals surface area contributed by atoms with Crippen LogP contribution in [0.1, 0.15) is 26.3 Å². The highest BCUT2D eigenvalue weighted by Gasteiger charge is 2.41. The standard InChI is InChI=1S/C13H18F4O2Si/c1-13(2,3)20(4,5)19-12-10(16)8(14)7(6-18)9(15)11(12)17/h18H,6H2,1-5H3. The third-order valence-electron chi connectivity index (χ3n) is 3.64. The fourth-order valence-electron chi connectivity index (χ4n) is 1.29. The van der Waals surface area contributed by atoms with E-state index in [9.17, 15) is 17.6 Å². The van der Waals surface area contributed by atoms with Gasteiger partial charge >= 0.3 is 0 Å². The Labute approximate surface area is 116 Å². The van der Waals surface area contributed by atoms with Crippen LogP contribution in [0.4, 0.5) is 17.6 Å². The Morgan fingerprint density at radius 2 is 1.35 bits per heavy atom. The topological polar surface area (TPSA) is 29.5 Å². The van der Waals surface area contributed by atoms with Crippen LogP contribution < -0.4 is 4.43 Å². The molecule has 114 valence electrons. The van der Waals surface area contributed by atoms with E-state index in [1.807, 2.05) is 20.8 Å². The maximum absolute atomic E-state index is 13.8. The first-order valence-corrected chi connectivity index (χ1v) is 8.99. The second-order valence-corrected chi connectivity index (χ2v) is 10.8. The van der Waals surface area contributed by atoms with Crippen LogP contribution in [0.5, 0.6) is 5.75 Å². The number of hydrogen-bond acceptors (Lipinski definition) is 2. The zero-order chi connectivity index (χ0) is 15.9. The molecule has 0 radical (unpaired) electrons. The van der Waals surface area contributed by atoms with E-state index >= 15 is 0 Å². The smallest absolute Gasteiger partial charge is 0.250 e. The van der Waals surface area contributed by atoms with Gasteiger partial charge in [0.15, 0.2) is 17.4 Å². The molecule has 0 aromatic heterocycles. The highest BCUT2D eigenvalue weighted by molar-refractivity contribution is 6.74. The van der Waals surface area contributed by atoms with Crippen molar-refractivity contribution in [2.45, 2.75) is 45.5 Å². The summed E-state index contributed by atoms with van der Waals surface area (Å²) in [6, 6.07) is 0. The van der Waals surface area contributed by atoms with E-state index in [1.54, 1.807) is 13.1 Å². The molecule has 0 unspecified atom stereocenters. The van der Waals surface area contributed by atoms with Gasteiger partial charge in [0.1, 0.15) is 0 Å². The van der Waals surface area contributed by atoms with Gasteiger partial charge in [-0.3, -0.25) is 0 Å². The highest BCUT2D eigenvalue weighted by atomic mass is 28.4. The highest BCUT2D eigenvalue weighted by Crippen LogP contribution is 2.40. The van der Waals surface area contributed by atoms with E-state index in [0.29, 0.717) is 0 Å². The van der Waals surface area contributed by atoms with Gasteiger partial charge < -0.3 is 9.53 Å². The Balaban J connectivity index is 3.42. The van der Waals surface area contributed by atoms with E-state index in [1.165, 1.54) is 0 Å². The van der Waals surface area contributed by atoms with Gasteiger partial charge in [0, 0.05) is 0 Å². The van der Waals surface area contributed by atoms with Crippen molar-refractivity contribution in [1.82, 2.24) is 0 Å². The minimum Gasteiger partial charge on any atom is -0.539 e. The Morgan fingerprint density at radius 1 is 0.950 bits per heavy atom. The van der Waals surface area contributed by atoms with Crippen molar-refractivity contribution < 1.29 is 27.1 Å². The summed E-state index contributed by atoms with van der Waals surface area (Å²) in [4.78, 5) is 0. The van der Waals surface area contributed by atoms with Gasteiger partial charge in [0.2, 0.25) is 11.6 Å². The van der Waals surface area contributed by atoms with Crippen molar-refractivity contribution >= 4 is 8.32 Å². The number of aliphatic hydroxyl groups excluding tert-OH is 1. The number of benzene rings is 1. The average Bonchev–Trinajstić information content (AvgIpc) is 2.31. The first-order valence-electron chi connectivity index (χ1n) is 6.08. The van der Waals surface area contributed by atoms with Crippen LogP contribution in [-0.4, -0.2) is 13.4 Å². The van der Waals surface area contributed by atoms with Crippen molar-refractivity contribution in [3.05, 3.63) is 28.8 Å². The summed E-state index contributed by atoms with van der Waals surface area (Å²) in [5.74, 6) is -7.53. The fraction of sp³-hybridized carbons (Fsp3) is 0.538. The molecule has 0 heterocycles. The van der Waals surface area contributed by atoms with E-state index in [-0.39, 0.29) is 0 Å². The molecule has 2 nitrogen and oxygen atoms in total. The summed E-state index contributed by atoms with van der Waals surface area (Å²) in [5.41, 5.74) is -1.04. The summed E-state index contributed by atoms with van der Waals surface area (Å²) in [6.07, 6.45) is 0. The van der Waals surface area contributed by atoms with Crippen molar-refractivity contribution in [3.8, 4) is 5.75 Å². The maximum Gasteiger partial charge on any atom is 0.250 e. The molecule has 0 saturated carbocycles. The summed E-state index contributed by atoms with van der Waals surface area (Å²) >= 11 is 0. The van der Waals surface area contributed by atoms with Crippen LogP contribution in [0.2, 0.25) is 18.1 Å². The molecule has 0 aliphatic carbocycles. The van der Waals surface area contributed by atoms with Gasteiger partial charge in [-0.05, 0) is 18.1 Å². The van der Waals surface area contributed by atoms with Gasteiger partial charge in [0.25, 0.3) is 8.32 Å². The van der Waals surface area contributed by atoms with Crippen LogP contribution in [0.25, 0.3) is 0 Å². The molecule has 0 aliphatic heterocycles. The van der Waals surface area contributed by atoms with Crippen molar-refractivity contribution in [3.63, 3.8) is 0 Å². The predicted molar refractivity (Wildman–Crippen MR) is 70.0 cm³/mol. The minimum absolute atomic E-state index is 0.394. The molecule has 7 heteroatoms. The third kappa shape index (κ3) is 2.83. The van der Waals surface area contributed by atoms with Gasteiger partial charge in [-0.25, -0.2) is 8.78 Å². The summed E-state index contributed by atoms with van der Waals surface area (Å²) < 4.78 is 60.1. The van der Waals surface area contributed by atoms with Gasteiger partial charge in [-0.2, -0.15) is 8.78 Å². The van der Waals surface area contributed by atoms with Crippen molar-refractivity contribution in [1.29, 1.82) is 0 Å². The second-order valence-electron chi connectivity index (χ2n) is 6.08.